The van der Waals surface area contributed by atoms with Crippen LogP contribution in [0.2, 0.25) is 0 Å². The molecule has 2 aromatic carbocycles. The Balaban J connectivity index is 1.45. The molecule has 142 valence electrons. The van der Waals surface area contributed by atoms with Gasteiger partial charge in [-0.2, -0.15) is 0 Å². The SMILES string of the molecule is COc1ccc(OC)c(CN2CCN(c3nc4ccccc4n3C)CC2)c1. The van der Waals surface area contributed by atoms with Crippen molar-refractivity contribution in [3.63, 3.8) is 0 Å². The maximum absolute atomic E-state index is 5.52. The number of methoxy groups -OCH3 is 2. The number of imidazole rings is 1. The Kier molecular flexibility index (Phi) is 4.90. The van der Waals surface area contributed by atoms with E-state index in [9.17, 15) is 0 Å². The number of para-hydroxylation sites is 2. The first-order valence-corrected chi connectivity index (χ1v) is 9.29. The molecule has 0 spiro atoms. The Bertz CT molecular complexity index is 929. The average Bonchev–Trinajstić information content (AvgIpc) is 3.05. The zero-order valence-electron chi connectivity index (χ0n) is 16.2. The van der Waals surface area contributed by atoms with Crippen molar-refractivity contribution in [2.24, 2.45) is 7.05 Å². The number of hydrogen-bond donors (Lipinski definition) is 0. The molecule has 0 radical (unpaired) electrons. The van der Waals surface area contributed by atoms with Crippen LogP contribution in [0.15, 0.2) is 42.5 Å². The maximum atomic E-state index is 5.52. The van der Waals surface area contributed by atoms with Crippen LogP contribution in [0, 0.1) is 0 Å². The second-order valence-electron chi connectivity index (χ2n) is 6.90. The van der Waals surface area contributed by atoms with E-state index in [0.717, 1.165) is 61.3 Å². The zero-order valence-corrected chi connectivity index (χ0v) is 16.2. The number of rotatable bonds is 5. The fourth-order valence-electron chi connectivity index (χ4n) is 3.77. The molecule has 1 saturated heterocycles. The summed E-state index contributed by atoms with van der Waals surface area (Å²) in [4.78, 5) is 9.66. The van der Waals surface area contributed by atoms with Gasteiger partial charge in [0.2, 0.25) is 5.95 Å². The molecule has 6 nitrogen and oxygen atoms in total. The quantitative estimate of drug-likeness (QED) is 0.695. The molecule has 1 aliphatic rings. The molecular formula is C21H26N4O2. The van der Waals surface area contributed by atoms with E-state index in [-0.39, 0.29) is 0 Å². The van der Waals surface area contributed by atoms with E-state index < -0.39 is 0 Å². The minimum Gasteiger partial charge on any atom is -0.497 e. The van der Waals surface area contributed by atoms with E-state index in [1.807, 2.05) is 18.2 Å². The first kappa shape index (κ1) is 17.7. The third-order valence-corrected chi connectivity index (χ3v) is 5.30. The lowest BCUT2D eigenvalue weighted by molar-refractivity contribution is 0.244. The highest BCUT2D eigenvalue weighted by Gasteiger charge is 2.22. The van der Waals surface area contributed by atoms with Gasteiger partial charge in [0, 0.05) is 45.3 Å². The molecule has 1 fully saturated rings. The molecule has 0 bridgehead atoms. The Morgan fingerprint density at radius 2 is 1.74 bits per heavy atom. The number of aromatic nitrogens is 2. The van der Waals surface area contributed by atoms with Crippen LogP contribution in [0.4, 0.5) is 5.95 Å². The fraction of sp³-hybridized carbons (Fsp3) is 0.381. The number of fused-ring (bicyclic) bond motifs is 1. The van der Waals surface area contributed by atoms with Gasteiger partial charge in [-0.05, 0) is 30.3 Å². The summed E-state index contributed by atoms with van der Waals surface area (Å²) >= 11 is 0. The Morgan fingerprint density at radius 3 is 2.44 bits per heavy atom. The van der Waals surface area contributed by atoms with Crippen molar-refractivity contribution in [2.45, 2.75) is 6.54 Å². The number of benzene rings is 2. The van der Waals surface area contributed by atoms with Crippen molar-refractivity contribution in [3.05, 3.63) is 48.0 Å². The third-order valence-electron chi connectivity index (χ3n) is 5.30. The molecule has 6 heteroatoms. The number of aryl methyl sites for hydroxylation is 1. The fourth-order valence-corrected chi connectivity index (χ4v) is 3.77. The van der Waals surface area contributed by atoms with Crippen LogP contribution in [-0.4, -0.2) is 54.8 Å². The van der Waals surface area contributed by atoms with Gasteiger partial charge in [0.15, 0.2) is 0 Å². The van der Waals surface area contributed by atoms with E-state index in [2.05, 4.69) is 45.7 Å². The van der Waals surface area contributed by atoms with Crippen LogP contribution >= 0.6 is 0 Å². The minimum absolute atomic E-state index is 0.858. The summed E-state index contributed by atoms with van der Waals surface area (Å²) in [5, 5.41) is 0. The summed E-state index contributed by atoms with van der Waals surface area (Å²) in [5.41, 5.74) is 3.39. The molecule has 27 heavy (non-hydrogen) atoms. The molecule has 1 aliphatic heterocycles. The van der Waals surface area contributed by atoms with Gasteiger partial charge in [-0.1, -0.05) is 12.1 Å². The first-order valence-electron chi connectivity index (χ1n) is 9.29. The van der Waals surface area contributed by atoms with Gasteiger partial charge in [-0.15, -0.1) is 0 Å². The molecule has 4 rings (SSSR count). The number of nitrogens with zero attached hydrogens (tertiary/aromatic N) is 4. The summed E-state index contributed by atoms with van der Waals surface area (Å²) in [7, 11) is 5.51. The van der Waals surface area contributed by atoms with Crippen molar-refractivity contribution in [1.82, 2.24) is 14.5 Å². The van der Waals surface area contributed by atoms with Gasteiger partial charge in [-0.3, -0.25) is 4.90 Å². The largest absolute Gasteiger partial charge is 0.497 e. The monoisotopic (exact) mass is 366 g/mol. The van der Waals surface area contributed by atoms with Crippen molar-refractivity contribution in [2.75, 3.05) is 45.3 Å². The normalized spacial score (nSPS) is 15.3. The standard InChI is InChI=1S/C21H26N4O2/c1-23-19-7-5-4-6-18(19)22-21(23)25-12-10-24(11-13-25)15-16-14-17(26-2)8-9-20(16)27-3/h4-9,14H,10-13,15H2,1-3H3. The van der Waals surface area contributed by atoms with Gasteiger partial charge in [0.05, 0.1) is 25.3 Å². The molecule has 3 aromatic rings. The summed E-state index contributed by atoms with van der Waals surface area (Å²) < 4.78 is 13.1. The average molecular weight is 366 g/mol. The van der Waals surface area contributed by atoms with E-state index in [1.165, 1.54) is 5.52 Å². The van der Waals surface area contributed by atoms with Crippen molar-refractivity contribution < 1.29 is 9.47 Å². The van der Waals surface area contributed by atoms with Crippen molar-refractivity contribution in [3.8, 4) is 11.5 Å². The Morgan fingerprint density at radius 1 is 0.963 bits per heavy atom. The molecule has 1 aromatic heterocycles. The van der Waals surface area contributed by atoms with Crippen LogP contribution in [-0.2, 0) is 13.6 Å². The Hall–Kier alpha value is -2.73. The number of ether oxygens (including phenoxy) is 2. The van der Waals surface area contributed by atoms with Crippen LogP contribution < -0.4 is 14.4 Å². The van der Waals surface area contributed by atoms with Crippen LogP contribution in [0.3, 0.4) is 0 Å². The van der Waals surface area contributed by atoms with Gasteiger partial charge < -0.3 is 18.9 Å². The second-order valence-corrected chi connectivity index (χ2v) is 6.90. The summed E-state index contributed by atoms with van der Waals surface area (Å²) in [6.07, 6.45) is 0. The number of piperazine rings is 1. The molecule has 0 atom stereocenters. The molecular weight excluding hydrogens is 340 g/mol. The van der Waals surface area contributed by atoms with E-state index in [0.29, 0.717) is 0 Å². The van der Waals surface area contributed by atoms with Crippen LogP contribution in [0.1, 0.15) is 5.56 Å². The van der Waals surface area contributed by atoms with Crippen molar-refractivity contribution in [1.29, 1.82) is 0 Å². The third kappa shape index (κ3) is 3.45. The Labute approximate surface area is 159 Å². The summed E-state index contributed by atoms with van der Waals surface area (Å²) in [6.45, 7) is 4.76. The molecule has 2 heterocycles. The lowest BCUT2D eigenvalue weighted by Crippen LogP contribution is -2.46. The molecule has 0 aliphatic carbocycles. The number of anilines is 1. The highest BCUT2D eigenvalue weighted by molar-refractivity contribution is 5.78. The van der Waals surface area contributed by atoms with Crippen LogP contribution in [0.25, 0.3) is 11.0 Å². The second kappa shape index (κ2) is 7.48. The van der Waals surface area contributed by atoms with Gasteiger partial charge in [0.25, 0.3) is 0 Å². The zero-order chi connectivity index (χ0) is 18.8. The van der Waals surface area contributed by atoms with Gasteiger partial charge >= 0.3 is 0 Å². The highest BCUT2D eigenvalue weighted by Crippen LogP contribution is 2.27. The smallest absolute Gasteiger partial charge is 0.206 e. The van der Waals surface area contributed by atoms with Gasteiger partial charge in [-0.25, -0.2) is 4.98 Å². The highest BCUT2D eigenvalue weighted by atomic mass is 16.5. The van der Waals surface area contributed by atoms with Gasteiger partial charge in [0.1, 0.15) is 11.5 Å². The summed E-state index contributed by atoms with van der Waals surface area (Å²) in [6, 6.07) is 14.3. The van der Waals surface area contributed by atoms with E-state index >= 15 is 0 Å². The lowest BCUT2D eigenvalue weighted by atomic mass is 10.1. The predicted octanol–water partition coefficient (Wildman–Crippen LogP) is 2.91. The topological polar surface area (TPSA) is 42.8 Å². The maximum Gasteiger partial charge on any atom is 0.206 e. The minimum atomic E-state index is 0.858. The van der Waals surface area contributed by atoms with E-state index in [4.69, 9.17) is 14.5 Å². The molecule has 0 N–H and O–H groups in total. The molecule has 0 saturated carbocycles. The van der Waals surface area contributed by atoms with E-state index in [1.54, 1.807) is 14.2 Å². The van der Waals surface area contributed by atoms with Crippen LogP contribution in [0.5, 0.6) is 11.5 Å². The lowest BCUT2D eigenvalue weighted by Gasteiger charge is -2.35. The first-order chi connectivity index (χ1) is 13.2. The summed E-state index contributed by atoms with van der Waals surface area (Å²) in [5.74, 6) is 2.83. The van der Waals surface area contributed by atoms with Crippen molar-refractivity contribution >= 4 is 17.0 Å². The number of hydrogen-bond acceptors (Lipinski definition) is 5. The molecule has 0 unspecified atom stereocenters. The molecule has 0 amide bonds. The predicted molar refractivity (Wildman–Crippen MR) is 108 cm³/mol.